The fourth-order valence-electron chi connectivity index (χ4n) is 4.94. The lowest BCUT2D eigenvalue weighted by Gasteiger charge is -2.44. The molecule has 0 unspecified atom stereocenters. The first-order valence-corrected chi connectivity index (χ1v) is 10.0. The normalized spacial score (nSPS) is 22.3. The molecule has 5 heteroatoms. The summed E-state index contributed by atoms with van der Waals surface area (Å²) in [6.07, 6.45) is 9.81. The molecule has 1 saturated carbocycles. The minimum atomic E-state index is -0.0181. The van der Waals surface area contributed by atoms with Crippen LogP contribution in [-0.4, -0.2) is 48.4 Å². The van der Waals surface area contributed by atoms with Gasteiger partial charge in [0.1, 0.15) is 0 Å². The minimum Gasteiger partial charge on any atom is -0.341 e. The Labute approximate surface area is 155 Å². The molecule has 2 aliphatic heterocycles. The predicted octanol–water partition coefficient (Wildman–Crippen LogP) is 3.89. The van der Waals surface area contributed by atoms with Gasteiger partial charge in [0.05, 0.1) is 0 Å². The number of anilines is 1. The number of hydrogen-bond acceptors (Lipinski definition) is 2. The van der Waals surface area contributed by atoms with Crippen LogP contribution < -0.4 is 5.32 Å². The van der Waals surface area contributed by atoms with Gasteiger partial charge in [0, 0.05) is 37.9 Å². The molecule has 26 heavy (non-hydrogen) atoms. The Morgan fingerprint density at radius 2 is 1.77 bits per heavy atom. The van der Waals surface area contributed by atoms with E-state index in [0.29, 0.717) is 12.0 Å². The number of fused-ring (bicyclic) bond motifs is 1. The van der Waals surface area contributed by atoms with Crippen molar-refractivity contribution < 1.29 is 9.59 Å². The number of urea groups is 1. The van der Waals surface area contributed by atoms with E-state index in [1.54, 1.807) is 4.90 Å². The first kappa shape index (κ1) is 17.4. The maximum atomic E-state index is 12.8. The number of nitrogens with one attached hydrogen (secondary N) is 1. The van der Waals surface area contributed by atoms with Gasteiger partial charge in [0.2, 0.25) is 0 Å². The van der Waals surface area contributed by atoms with E-state index in [2.05, 4.69) is 5.32 Å². The number of nitrogens with zero attached hydrogens (tertiary/aromatic N) is 2. The number of amides is 3. The minimum absolute atomic E-state index is 0.0181. The molecule has 0 bridgehead atoms. The summed E-state index contributed by atoms with van der Waals surface area (Å²) in [5.74, 6) is 0.0413. The van der Waals surface area contributed by atoms with Crippen LogP contribution in [0, 0.1) is 5.41 Å². The molecular weight excluding hydrogens is 326 g/mol. The number of rotatable bonds is 1. The lowest BCUT2D eigenvalue weighted by atomic mass is 9.68. The van der Waals surface area contributed by atoms with Crippen molar-refractivity contribution in [1.29, 1.82) is 0 Å². The van der Waals surface area contributed by atoms with Crippen molar-refractivity contribution in [3.05, 3.63) is 29.3 Å². The third kappa shape index (κ3) is 3.19. The van der Waals surface area contributed by atoms with Crippen LogP contribution in [0.1, 0.15) is 60.9 Å². The number of benzene rings is 1. The molecule has 4 rings (SSSR count). The first-order valence-electron chi connectivity index (χ1n) is 10.0. The van der Waals surface area contributed by atoms with Gasteiger partial charge >= 0.3 is 6.03 Å². The van der Waals surface area contributed by atoms with E-state index in [1.165, 1.54) is 32.1 Å². The zero-order valence-electron chi connectivity index (χ0n) is 15.7. The van der Waals surface area contributed by atoms with Crippen molar-refractivity contribution in [3.63, 3.8) is 0 Å². The van der Waals surface area contributed by atoms with E-state index < -0.39 is 0 Å². The summed E-state index contributed by atoms with van der Waals surface area (Å²) in [7, 11) is 1.82. The SMILES string of the molecule is CN1CCc2c(NC(=O)N3CCC4(CCCCC4)CC3)cccc2C1=O. The van der Waals surface area contributed by atoms with Crippen molar-refractivity contribution in [2.24, 2.45) is 5.41 Å². The van der Waals surface area contributed by atoms with Crippen LogP contribution >= 0.6 is 0 Å². The molecule has 2 heterocycles. The Morgan fingerprint density at radius 3 is 2.50 bits per heavy atom. The summed E-state index contributed by atoms with van der Waals surface area (Å²) in [5.41, 5.74) is 2.99. The van der Waals surface area contributed by atoms with Crippen LogP contribution in [0.4, 0.5) is 10.5 Å². The van der Waals surface area contributed by atoms with E-state index in [0.717, 1.165) is 49.2 Å². The monoisotopic (exact) mass is 355 g/mol. The van der Waals surface area contributed by atoms with Crippen molar-refractivity contribution in [2.75, 3.05) is 32.0 Å². The van der Waals surface area contributed by atoms with Crippen LogP contribution in [0.2, 0.25) is 0 Å². The van der Waals surface area contributed by atoms with Crippen molar-refractivity contribution in [3.8, 4) is 0 Å². The maximum absolute atomic E-state index is 12.8. The molecule has 2 fully saturated rings. The predicted molar refractivity (Wildman–Crippen MR) is 102 cm³/mol. The number of carbonyl (C=O) groups excluding carboxylic acids is 2. The summed E-state index contributed by atoms with van der Waals surface area (Å²) < 4.78 is 0. The van der Waals surface area contributed by atoms with E-state index in [4.69, 9.17) is 0 Å². The van der Waals surface area contributed by atoms with E-state index in [1.807, 2.05) is 30.1 Å². The van der Waals surface area contributed by atoms with Crippen molar-refractivity contribution in [2.45, 2.75) is 51.4 Å². The molecule has 1 aromatic rings. The second-order valence-electron chi connectivity index (χ2n) is 8.29. The highest BCUT2D eigenvalue weighted by Gasteiger charge is 2.36. The first-order chi connectivity index (χ1) is 12.6. The van der Waals surface area contributed by atoms with Gasteiger partial charge in [0.25, 0.3) is 5.91 Å². The number of piperidine rings is 1. The van der Waals surface area contributed by atoms with Gasteiger partial charge in [0.15, 0.2) is 0 Å². The topological polar surface area (TPSA) is 52.7 Å². The molecule has 140 valence electrons. The quantitative estimate of drug-likeness (QED) is 0.831. The zero-order chi connectivity index (χ0) is 18.1. The Hall–Kier alpha value is -2.04. The third-order valence-electron chi connectivity index (χ3n) is 6.72. The highest BCUT2D eigenvalue weighted by molar-refractivity contribution is 6.00. The molecule has 1 spiro atoms. The van der Waals surface area contributed by atoms with Gasteiger partial charge in [-0.25, -0.2) is 4.79 Å². The molecule has 5 nitrogen and oxygen atoms in total. The van der Waals surface area contributed by atoms with Gasteiger partial charge in [-0.05, 0) is 55.2 Å². The molecule has 1 N–H and O–H groups in total. The highest BCUT2D eigenvalue weighted by Crippen LogP contribution is 2.44. The molecule has 0 atom stereocenters. The van der Waals surface area contributed by atoms with Gasteiger partial charge < -0.3 is 15.1 Å². The lowest BCUT2D eigenvalue weighted by molar-refractivity contribution is 0.0780. The third-order valence-corrected chi connectivity index (χ3v) is 6.72. The van der Waals surface area contributed by atoms with E-state index in [9.17, 15) is 9.59 Å². The maximum Gasteiger partial charge on any atom is 0.321 e. The molecule has 1 aliphatic carbocycles. The van der Waals surface area contributed by atoms with Crippen LogP contribution in [0.3, 0.4) is 0 Å². The van der Waals surface area contributed by atoms with Crippen LogP contribution in [-0.2, 0) is 6.42 Å². The number of likely N-dealkylation sites (tertiary alicyclic amines) is 1. The van der Waals surface area contributed by atoms with Gasteiger partial charge in [-0.1, -0.05) is 25.3 Å². The zero-order valence-corrected chi connectivity index (χ0v) is 15.7. The fourth-order valence-corrected chi connectivity index (χ4v) is 4.94. The Bertz CT molecular complexity index is 699. The molecule has 3 aliphatic rings. The average molecular weight is 355 g/mol. The standard InChI is InChI=1S/C21H29N3O2/c1-23-13-8-16-17(19(23)25)6-5-7-18(16)22-20(26)24-14-11-21(12-15-24)9-3-2-4-10-21/h5-7H,2-4,8-15H2,1H3,(H,22,26). The van der Waals surface area contributed by atoms with E-state index >= 15 is 0 Å². The largest absolute Gasteiger partial charge is 0.341 e. The van der Waals surface area contributed by atoms with Gasteiger partial charge in [-0.2, -0.15) is 0 Å². The molecule has 1 saturated heterocycles. The lowest BCUT2D eigenvalue weighted by Crippen LogP contribution is -2.45. The van der Waals surface area contributed by atoms with E-state index in [-0.39, 0.29) is 11.9 Å². The van der Waals surface area contributed by atoms with Crippen LogP contribution in [0.5, 0.6) is 0 Å². The Kier molecular flexibility index (Phi) is 4.63. The summed E-state index contributed by atoms with van der Waals surface area (Å²) in [6.45, 7) is 2.40. The average Bonchev–Trinajstić information content (AvgIpc) is 2.66. The number of carbonyl (C=O) groups is 2. The summed E-state index contributed by atoms with van der Waals surface area (Å²) in [5, 5.41) is 3.08. The Balaban J connectivity index is 1.42. The fraction of sp³-hybridized carbons (Fsp3) is 0.619. The highest BCUT2D eigenvalue weighted by atomic mass is 16.2. The number of hydrogen-bond donors (Lipinski definition) is 1. The summed E-state index contributed by atoms with van der Waals surface area (Å²) >= 11 is 0. The molecule has 0 radical (unpaired) electrons. The second kappa shape index (κ2) is 6.93. The molecular formula is C21H29N3O2. The number of likely N-dealkylation sites (N-methyl/N-ethyl adjacent to an activating group) is 1. The molecule has 0 aromatic heterocycles. The Morgan fingerprint density at radius 1 is 1.04 bits per heavy atom. The summed E-state index contributed by atoms with van der Waals surface area (Å²) in [6, 6.07) is 5.62. The smallest absolute Gasteiger partial charge is 0.321 e. The van der Waals surface area contributed by atoms with Crippen molar-refractivity contribution in [1.82, 2.24) is 9.80 Å². The van der Waals surface area contributed by atoms with Gasteiger partial charge in [-0.3, -0.25) is 4.79 Å². The molecule has 1 aromatic carbocycles. The van der Waals surface area contributed by atoms with Crippen molar-refractivity contribution >= 4 is 17.6 Å². The van der Waals surface area contributed by atoms with Crippen LogP contribution in [0.25, 0.3) is 0 Å². The molecule has 3 amide bonds. The van der Waals surface area contributed by atoms with Gasteiger partial charge in [-0.15, -0.1) is 0 Å². The van der Waals surface area contributed by atoms with Crippen LogP contribution in [0.15, 0.2) is 18.2 Å². The summed E-state index contributed by atoms with van der Waals surface area (Å²) in [4.78, 5) is 28.8. The second-order valence-corrected chi connectivity index (χ2v) is 8.29.